The van der Waals surface area contributed by atoms with Crippen LogP contribution in [0.2, 0.25) is 0 Å². The maximum absolute atomic E-state index is 12.4. The Balaban J connectivity index is 1.52. The Labute approximate surface area is 182 Å². The fourth-order valence-corrected chi connectivity index (χ4v) is 4.14. The average molecular weight is 424 g/mol. The van der Waals surface area contributed by atoms with E-state index < -0.39 is 0 Å². The van der Waals surface area contributed by atoms with Gasteiger partial charge < -0.3 is 19.9 Å². The number of hydrogen-bond acceptors (Lipinski definition) is 7. The number of nitrogens with one attached hydrogen (secondary N) is 1. The van der Waals surface area contributed by atoms with Gasteiger partial charge in [-0.25, -0.2) is 14.8 Å². The second kappa shape index (κ2) is 8.91. The number of hydrogen-bond donors (Lipinski definition) is 1. The lowest BCUT2D eigenvalue weighted by molar-refractivity contribution is 0.0600. The van der Waals surface area contributed by atoms with Crippen LogP contribution < -0.4 is 15.1 Å². The summed E-state index contributed by atoms with van der Waals surface area (Å²) in [6.07, 6.45) is 1.51. The van der Waals surface area contributed by atoms with Crippen LogP contribution >= 0.6 is 0 Å². The fourth-order valence-electron chi connectivity index (χ4n) is 4.14. The highest BCUT2D eigenvalue weighted by Crippen LogP contribution is 2.27. The second-order valence-electron chi connectivity index (χ2n) is 8.41. The highest BCUT2D eigenvalue weighted by molar-refractivity contribution is 5.96. The Morgan fingerprint density at radius 1 is 1.10 bits per heavy atom. The average Bonchev–Trinajstić information content (AvgIpc) is 2.78. The summed E-state index contributed by atoms with van der Waals surface area (Å²) in [4.78, 5) is 38.1. The van der Waals surface area contributed by atoms with Crippen LogP contribution in [0.5, 0.6) is 0 Å². The van der Waals surface area contributed by atoms with Gasteiger partial charge in [-0.1, -0.05) is 13.8 Å². The summed E-state index contributed by atoms with van der Waals surface area (Å²) in [6, 6.07) is 7.51. The first kappa shape index (κ1) is 21.1. The molecule has 0 spiro atoms. The van der Waals surface area contributed by atoms with Crippen molar-refractivity contribution in [1.82, 2.24) is 15.3 Å². The largest absolute Gasteiger partial charge is 0.465 e. The van der Waals surface area contributed by atoms with E-state index in [9.17, 15) is 9.59 Å². The first-order valence-electron chi connectivity index (χ1n) is 10.8. The fraction of sp³-hybridized carbons (Fsp3) is 0.478. The molecule has 2 aliphatic heterocycles. The van der Waals surface area contributed by atoms with Gasteiger partial charge in [0.05, 0.1) is 12.7 Å². The van der Waals surface area contributed by atoms with Crippen LogP contribution in [0.4, 0.5) is 11.5 Å². The van der Waals surface area contributed by atoms with Crippen molar-refractivity contribution in [2.24, 2.45) is 5.92 Å². The van der Waals surface area contributed by atoms with E-state index >= 15 is 0 Å². The van der Waals surface area contributed by atoms with E-state index in [2.05, 4.69) is 33.9 Å². The molecule has 164 valence electrons. The maximum Gasteiger partial charge on any atom is 0.337 e. The summed E-state index contributed by atoms with van der Waals surface area (Å²) in [5.41, 5.74) is 3.13. The minimum atomic E-state index is -0.328. The number of anilines is 2. The molecule has 2 aliphatic rings. The van der Waals surface area contributed by atoms with E-state index in [1.165, 1.54) is 7.11 Å². The molecule has 1 aromatic heterocycles. The van der Waals surface area contributed by atoms with Gasteiger partial charge in [-0.3, -0.25) is 4.79 Å². The zero-order valence-corrected chi connectivity index (χ0v) is 18.4. The van der Waals surface area contributed by atoms with Gasteiger partial charge in [0.1, 0.15) is 17.3 Å². The number of carbonyl (C=O) groups excluding carboxylic acids is 2. The lowest BCUT2D eigenvalue weighted by Gasteiger charge is -2.38. The van der Waals surface area contributed by atoms with Gasteiger partial charge in [-0.05, 0) is 36.6 Å². The van der Waals surface area contributed by atoms with Crippen LogP contribution in [0.1, 0.15) is 46.1 Å². The molecule has 8 heteroatoms. The zero-order valence-electron chi connectivity index (χ0n) is 18.4. The highest BCUT2D eigenvalue weighted by Gasteiger charge is 2.28. The number of carbonyl (C=O) groups is 2. The summed E-state index contributed by atoms with van der Waals surface area (Å²) < 4.78 is 4.77. The summed E-state index contributed by atoms with van der Waals surface area (Å²) in [5.74, 6) is 1.64. The van der Waals surface area contributed by atoms with Crippen molar-refractivity contribution >= 4 is 23.4 Å². The van der Waals surface area contributed by atoms with Crippen LogP contribution in [0.25, 0.3) is 0 Å². The molecule has 1 fully saturated rings. The number of esters is 1. The number of amides is 1. The van der Waals surface area contributed by atoms with Crippen LogP contribution in [0.3, 0.4) is 0 Å². The van der Waals surface area contributed by atoms with Crippen molar-refractivity contribution in [3.05, 3.63) is 46.9 Å². The Bertz CT molecular complexity index is 966. The molecule has 31 heavy (non-hydrogen) atoms. The molecule has 0 saturated carbocycles. The molecule has 0 bridgehead atoms. The molecule has 0 atom stereocenters. The molecule has 2 aromatic rings. The zero-order chi connectivity index (χ0) is 22.0. The SMILES string of the molecule is COC(=O)c1ccc(N2CCN(c3nc(CC(C)C)nc4c3CCNC4=O)CC2)cc1. The third-order valence-corrected chi connectivity index (χ3v) is 5.73. The van der Waals surface area contributed by atoms with Gasteiger partial charge in [-0.2, -0.15) is 0 Å². The minimum absolute atomic E-state index is 0.0979. The molecule has 0 radical (unpaired) electrons. The Kier molecular flexibility index (Phi) is 6.06. The predicted octanol–water partition coefficient (Wildman–Crippen LogP) is 2.07. The molecule has 1 amide bonds. The van der Waals surface area contributed by atoms with E-state index in [1.54, 1.807) is 12.1 Å². The van der Waals surface area contributed by atoms with Gasteiger partial charge in [0.15, 0.2) is 0 Å². The number of rotatable bonds is 5. The van der Waals surface area contributed by atoms with Crippen molar-refractivity contribution in [3.8, 4) is 0 Å². The van der Waals surface area contributed by atoms with E-state index in [4.69, 9.17) is 9.72 Å². The Hall–Kier alpha value is -3.16. The minimum Gasteiger partial charge on any atom is -0.465 e. The van der Waals surface area contributed by atoms with Gasteiger partial charge in [0.25, 0.3) is 5.91 Å². The lowest BCUT2D eigenvalue weighted by atomic mass is 10.0. The van der Waals surface area contributed by atoms with Crippen LogP contribution in [-0.4, -0.2) is 61.7 Å². The smallest absolute Gasteiger partial charge is 0.337 e. The van der Waals surface area contributed by atoms with Crippen LogP contribution in [0.15, 0.2) is 24.3 Å². The van der Waals surface area contributed by atoms with Crippen molar-refractivity contribution in [2.45, 2.75) is 26.7 Å². The quantitative estimate of drug-likeness (QED) is 0.737. The summed E-state index contributed by atoms with van der Waals surface area (Å²) in [6.45, 7) is 8.18. The van der Waals surface area contributed by atoms with Crippen molar-refractivity contribution in [1.29, 1.82) is 0 Å². The molecular formula is C23H29N5O3. The first-order valence-corrected chi connectivity index (χ1v) is 10.8. The monoisotopic (exact) mass is 423 g/mol. The summed E-state index contributed by atoms with van der Waals surface area (Å²) in [5, 5.41) is 2.91. The number of fused-ring (bicyclic) bond motifs is 1. The molecule has 1 aromatic carbocycles. The number of ether oxygens (including phenoxy) is 1. The molecule has 1 saturated heterocycles. The number of methoxy groups -OCH3 is 1. The Morgan fingerprint density at radius 2 is 1.77 bits per heavy atom. The van der Waals surface area contributed by atoms with Gasteiger partial charge in [-0.15, -0.1) is 0 Å². The highest BCUT2D eigenvalue weighted by atomic mass is 16.5. The Morgan fingerprint density at radius 3 is 2.42 bits per heavy atom. The van der Waals surface area contributed by atoms with E-state index in [1.807, 2.05) is 12.1 Å². The molecule has 4 rings (SSSR count). The molecule has 1 N–H and O–H groups in total. The third-order valence-electron chi connectivity index (χ3n) is 5.73. The maximum atomic E-state index is 12.4. The number of aromatic nitrogens is 2. The lowest BCUT2D eigenvalue weighted by Crippen LogP contribution is -2.48. The van der Waals surface area contributed by atoms with Gasteiger partial charge >= 0.3 is 5.97 Å². The topological polar surface area (TPSA) is 87.7 Å². The second-order valence-corrected chi connectivity index (χ2v) is 8.41. The summed E-state index contributed by atoms with van der Waals surface area (Å²) >= 11 is 0. The number of benzene rings is 1. The van der Waals surface area contributed by atoms with Crippen molar-refractivity contribution in [2.75, 3.05) is 49.6 Å². The molecule has 3 heterocycles. The van der Waals surface area contributed by atoms with E-state index in [-0.39, 0.29) is 11.9 Å². The van der Waals surface area contributed by atoms with E-state index in [0.717, 1.165) is 61.9 Å². The predicted molar refractivity (Wildman–Crippen MR) is 119 cm³/mol. The standard InChI is InChI=1S/C23H29N5O3/c1-15(2)14-19-25-20-18(8-9-24-22(20)29)21(26-19)28-12-10-27(11-13-28)17-6-4-16(5-7-17)23(30)31-3/h4-7,15H,8-14H2,1-3H3,(H,24,29). The van der Waals surface area contributed by atoms with Crippen LogP contribution in [0, 0.1) is 5.92 Å². The normalized spacial score (nSPS) is 16.2. The molecule has 0 aliphatic carbocycles. The van der Waals surface area contributed by atoms with Crippen LogP contribution in [-0.2, 0) is 17.6 Å². The van der Waals surface area contributed by atoms with E-state index in [0.29, 0.717) is 23.7 Å². The van der Waals surface area contributed by atoms with Gasteiger partial charge in [0, 0.05) is 50.4 Å². The number of piperazine rings is 1. The molecule has 8 nitrogen and oxygen atoms in total. The number of nitrogens with zero attached hydrogens (tertiary/aromatic N) is 4. The summed E-state index contributed by atoms with van der Waals surface area (Å²) in [7, 11) is 1.39. The third kappa shape index (κ3) is 4.47. The molecule has 0 unspecified atom stereocenters. The van der Waals surface area contributed by atoms with Gasteiger partial charge in [0.2, 0.25) is 0 Å². The molecular weight excluding hydrogens is 394 g/mol. The van der Waals surface area contributed by atoms with Crippen molar-refractivity contribution < 1.29 is 14.3 Å². The first-order chi connectivity index (χ1) is 15.0. The van der Waals surface area contributed by atoms with Crippen molar-refractivity contribution in [3.63, 3.8) is 0 Å².